The molecule has 0 bridgehead atoms. The number of carbonyl (C=O) groups is 2. The molecule has 4 aromatic rings. The second kappa shape index (κ2) is 9.72. The van der Waals surface area contributed by atoms with Gasteiger partial charge in [0.2, 0.25) is 0 Å². The maximum atomic E-state index is 13.2. The molecule has 0 saturated carbocycles. The summed E-state index contributed by atoms with van der Waals surface area (Å²) in [6, 6.07) is 20.5. The number of fused-ring (bicyclic) bond motifs is 3. The van der Waals surface area contributed by atoms with E-state index in [-0.39, 0.29) is 32.6 Å². The Hall–Kier alpha value is -3.66. The molecule has 0 radical (unpaired) electrons. The first kappa shape index (κ1) is 27.5. The highest BCUT2D eigenvalue weighted by molar-refractivity contribution is 6.46. The SMILES string of the molecule is CCN1c2ccc(C=C3C(=O)c4cc(Cl)c(Cl)cc4C3=O)cc2C(C)(C)c2cc(-c3c(C)cc(C)cc3C)ccc21. The minimum Gasteiger partial charge on any atom is -0.341 e. The van der Waals surface area contributed by atoms with Gasteiger partial charge in [-0.2, -0.15) is 0 Å². The average molecular weight is 581 g/mol. The van der Waals surface area contributed by atoms with Crippen LogP contribution < -0.4 is 4.90 Å². The van der Waals surface area contributed by atoms with E-state index in [1.54, 1.807) is 6.08 Å². The van der Waals surface area contributed by atoms with Gasteiger partial charge in [-0.15, -0.1) is 0 Å². The smallest absolute Gasteiger partial charge is 0.197 e. The first-order chi connectivity index (χ1) is 19.4. The minimum atomic E-state index is -0.324. The van der Waals surface area contributed by atoms with Crippen LogP contribution in [-0.4, -0.2) is 18.1 Å². The summed E-state index contributed by atoms with van der Waals surface area (Å²) in [5.74, 6) is -0.649. The van der Waals surface area contributed by atoms with Gasteiger partial charge in [0, 0.05) is 34.5 Å². The molecule has 0 fully saturated rings. The summed E-state index contributed by atoms with van der Waals surface area (Å²) in [7, 11) is 0. The Morgan fingerprint density at radius 1 is 0.756 bits per heavy atom. The number of allylic oxidation sites excluding steroid dienone is 1. The van der Waals surface area contributed by atoms with E-state index in [1.165, 1.54) is 51.2 Å². The number of nitrogens with zero attached hydrogens (tertiary/aromatic N) is 1. The molecule has 4 aromatic carbocycles. The van der Waals surface area contributed by atoms with Crippen LogP contribution in [0.2, 0.25) is 10.0 Å². The number of ketones is 2. The number of Topliss-reactive ketones (excluding diaryl/α,β-unsaturated/α-hetero) is 2. The van der Waals surface area contributed by atoms with Gasteiger partial charge in [0.05, 0.1) is 15.6 Å². The van der Waals surface area contributed by atoms with Crippen molar-refractivity contribution in [2.24, 2.45) is 0 Å². The summed E-state index contributed by atoms with van der Waals surface area (Å²) in [4.78, 5) is 28.7. The van der Waals surface area contributed by atoms with Crippen LogP contribution in [0.5, 0.6) is 0 Å². The summed E-state index contributed by atoms with van der Waals surface area (Å²) in [6.07, 6.45) is 1.70. The zero-order valence-electron chi connectivity index (χ0n) is 24.1. The summed E-state index contributed by atoms with van der Waals surface area (Å²) < 4.78 is 0. The number of anilines is 2. The molecular formula is C36H31Cl2NO2. The van der Waals surface area contributed by atoms with Crippen LogP contribution in [-0.2, 0) is 5.41 Å². The Labute approximate surface area is 251 Å². The van der Waals surface area contributed by atoms with E-state index in [0.717, 1.165) is 23.4 Å². The number of benzene rings is 4. The first-order valence-electron chi connectivity index (χ1n) is 13.9. The van der Waals surface area contributed by atoms with Gasteiger partial charge < -0.3 is 4.90 Å². The molecule has 41 heavy (non-hydrogen) atoms. The third kappa shape index (κ3) is 4.26. The third-order valence-corrected chi connectivity index (χ3v) is 9.30. The van der Waals surface area contributed by atoms with E-state index >= 15 is 0 Å². The number of hydrogen-bond donors (Lipinski definition) is 0. The molecule has 206 valence electrons. The van der Waals surface area contributed by atoms with Gasteiger partial charge in [-0.05, 0) is 109 Å². The highest BCUT2D eigenvalue weighted by atomic mass is 35.5. The molecule has 0 spiro atoms. The van der Waals surface area contributed by atoms with Crippen LogP contribution in [0.4, 0.5) is 11.4 Å². The Bertz CT molecular complexity index is 1780. The second-order valence-corrected chi connectivity index (χ2v) is 12.5. The lowest BCUT2D eigenvalue weighted by atomic mass is 9.72. The number of aryl methyl sites for hydroxylation is 3. The molecule has 1 heterocycles. The number of carbonyl (C=O) groups excluding carboxylic acids is 2. The predicted molar refractivity (Wildman–Crippen MR) is 170 cm³/mol. The standard InChI is InChI=1S/C36H31Cl2NO2/c1-7-39-31-10-8-22(14-26-34(40)24-17-29(37)30(38)18-25(24)35(26)41)15-27(31)36(5,6)28-16-23(9-11-32(28)39)33-20(3)12-19(2)13-21(33)4/h8-18H,7H2,1-6H3. The zero-order valence-corrected chi connectivity index (χ0v) is 25.6. The summed E-state index contributed by atoms with van der Waals surface area (Å²) >= 11 is 12.3. The van der Waals surface area contributed by atoms with E-state index in [1.807, 2.05) is 6.07 Å². The lowest BCUT2D eigenvalue weighted by Gasteiger charge is -2.42. The van der Waals surface area contributed by atoms with Crippen LogP contribution in [0, 0.1) is 20.8 Å². The first-order valence-corrected chi connectivity index (χ1v) is 14.6. The van der Waals surface area contributed by atoms with Crippen LogP contribution in [0.25, 0.3) is 17.2 Å². The average Bonchev–Trinajstić information content (AvgIpc) is 3.13. The fourth-order valence-corrected chi connectivity index (χ4v) is 7.00. The van der Waals surface area contributed by atoms with Crippen molar-refractivity contribution < 1.29 is 9.59 Å². The number of halogens is 2. The molecule has 6 rings (SSSR count). The van der Waals surface area contributed by atoms with Crippen molar-refractivity contribution in [3.63, 3.8) is 0 Å². The van der Waals surface area contributed by atoms with Crippen molar-refractivity contribution in [3.05, 3.63) is 121 Å². The van der Waals surface area contributed by atoms with Crippen LogP contribution in [0.1, 0.15) is 74.9 Å². The van der Waals surface area contributed by atoms with Crippen molar-refractivity contribution in [3.8, 4) is 11.1 Å². The van der Waals surface area contributed by atoms with Crippen LogP contribution in [0.3, 0.4) is 0 Å². The molecule has 3 nitrogen and oxygen atoms in total. The Morgan fingerprint density at radius 3 is 1.85 bits per heavy atom. The molecule has 0 amide bonds. The highest BCUT2D eigenvalue weighted by Crippen LogP contribution is 2.50. The van der Waals surface area contributed by atoms with Gasteiger partial charge in [0.15, 0.2) is 11.6 Å². The molecule has 0 aromatic heterocycles. The van der Waals surface area contributed by atoms with Crippen molar-refractivity contribution in [1.29, 1.82) is 0 Å². The third-order valence-electron chi connectivity index (χ3n) is 8.58. The molecule has 0 N–H and O–H groups in total. The van der Waals surface area contributed by atoms with Crippen LogP contribution >= 0.6 is 23.2 Å². The highest BCUT2D eigenvalue weighted by Gasteiger charge is 2.37. The Kier molecular flexibility index (Phi) is 6.52. The van der Waals surface area contributed by atoms with Gasteiger partial charge in [-0.25, -0.2) is 0 Å². The van der Waals surface area contributed by atoms with Crippen molar-refractivity contribution in [1.82, 2.24) is 0 Å². The van der Waals surface area contributed by atoms with Gasteiger partial charge in [0.25, 0.3) is 0 Å². The normalized spacial score (nSPS) is 15.1. The molecule has 5 heteroatoms. The summed E-state index contributed by atoms with van der Waals surface area (Å²) in [5.41, 5.74) is 12.2. The predicted octanol–water partition coefficient (Wildman–Crippen LogP) is 9.85. The maximum Gasteiger partial charge on any atom is 0.197 e. The van der Waals surface area contributed by atoms with E-state index in [0.29, 0.717) is 11.1 Å². The topological polar surface area (TPSA) is 37.4 Å². The molecule has 1 aliphatic heterocycles. The quantitative estimate of drug-likeness (QED) is 0.179. The van der Waals surface area contributed by atoms with E-state index in [2.05, 4.69) is 88.9 Å². The summed E-state index contributed by atoms with van der Waals surface area (Å²) in [6.45, 7) is 14.0. The lowest BCUT2D eigenvalue weighted by molar-refractivity contribution is 0.0990. The Balaban J connectivity index is 1.46. The Morgan fingerprint density at radius 2 is 1.29 bits per heavy atom. The molecule has 0 saturated heterocycles. The van der Waals surface area contributed by atoms with Crippen molar-refractivity contribution in [2.75, 3.05) is 11.4 Å². The minimum absolute atomic E-state index is 0.132. The molecule has 0 unspecified atom stereocenters. The lowest BCUT2D eigenvalue weighted by Crippen LogP contribution is -2.33. The van der Waals surface area contributed by atoms with E-state index < -0.39 is 0 Å². The summed E-state index contributed by atoms with van der Waals surface area (Å²) in [5, 5.41) is 0.522. The fourth-order valence-electron chi connectivity index (χ4n) is 6.67. The van der Waals surface area contributed by atoms with Crippen molar-refractivity contribution in [2.45, 2.75) is 47.0 Å². The van der Waals surface area contributed by atoms with E-state index in [9.17, 15) is 9.59 Å². The molecule has 0 atom stereocenters. The van der Waals surface area contributed by atoms with E-state index in [4.69, 9.17) is 23.2 Å². The van der Waals surface area contributed by atoms with Crippen molar-refractivity contribution >= 4 is 52.2 Å². The van der Waals surface area contributed by atoms with Crippen LogP contribution in [0.15, 0.2) is 66.2 Å². The molecular weight excluding hydrogens is 549 g/mol. The number of hydrogen-bond acceptors (Lipinski definition) is 3. The number of rotatable bonds is 3. The van der Waals surface area contributed by atoms with Gasteiger partial charge in [0.1, 0.15) is 0 Å². The zero-order chi connectivity index (χ0) is 29.4. The van der Waals surface area contributed by atoms with Gasteiger partial charge in [-0.1, -0.05) is 66.9 Å². The maximum absolute atomic E-state index is 13.2. The van der Waals surface area contributed by atoms with Gasteiger partial charge in [-0.3, -0.25) is 9.59 Å². The largest absolute Gasteiger partial charge is 0.341 e. The monoisotopic (exact) mass is 579 g/mol. The molecule has 2 aliphatic rings. The molecule has 1 aliphatic carbocycles. The van der Waals surface area contributed by atoms with Gasteiger partial charge >= 0.3 is 0 Å². The fraction of sp³-hybridized carbons (Fsp3) is 0.222. The second-order valence-electron chi connectivity index (χ2n) is 11.7.